The van der Waals surface area contributed by atoms with E-state index >= 15 is 0 Å². The van der Waals surface area contributed by atoms with Crippen LogP contribution >= 0.6 is 0 Å². The van der Waals surface area contributed by atoms with Gasteiger partial charge in [-0.15, -0.1) is 0 Å². The fourth-order valence-electron chi connectivity index (χ4n) is 2.22. The van der Waals surface area contributed by atoms with E-state index in [4.69, 9.17) is 14.5 Å². The molecule has 0 aliphatic carbocycles. The Hall–Kier alpha value is -1.71. The molecule has 0 bridgehead atoms. The summed E-state index contributed by atoms with van der Waals surface area (Å²) in [5.74, 6) is 0.619. The van der Waals surface area contributed by atoms with E-state index in [0.29, 0.717) is 17.9 Å². The predicted octanol–water partition coefficient (Wildman–Crippen LogP) is 5.06. The Morgan fingerprint density at radius 2 is 1.50 bits per heavy atom. The number of ether oxygens (including phenoxy) is 1. The van der Waals surface area contributed by atoms with Crippen LogP contribution in [0.5, 0.6) is 11.5 Å². The van der Waals surface area contributed by atoms with E-state index in [9.17, 15) is 4.79 Å². The topological polar surface area (TPSA) is 44.8 Å². The first kappa shape index (κ1) is 18.3. The lowest BCUT2D eigenvalue weighted by Gasteiger charge is -2.08. The lowest BCUT2D eigenvalue weighted by atomic mass is 10.1. The number of methoxy groups -OCH3 is 1. The predicted molar refractivity (Wildman–Crippen MR) is 86.9 cm³/mol. The number of rotatable bonds is 12. The van der Waals surface area contributed by atoms with Gasteiger partial charge in [0.1, 0.15) is 0 Å². The van der Waals surface area contributed by atoms with Gasteiger partial charge in [-0.3, -0.25) is 9.78 Å². The molecular formula is C18H28O4. The van der Waals surface area contributed by atoms with Gasteiger partial charge in [0.2, 0.25) is 5.75 Å². The molecule has 124 valence electrons. The van der Waals surface area contributed by atoms with Gasteiger partial charge in [-0.1, -0.05) is 64.0 Å². The molecule has 0 saturated carbocycles. The van der Waals surface area contributed by atoms with Gasteiger partial charge in [-0.25, -0.2) is 4.79 Å². The average Bonchev–Trinajstić information content (AvgIpc) is 2.55. The van der Waals surface area contributed by atoms with Crippen molar-refractivity contribution in [2.75, 3.05) is 7.11 Å². The molecule has 0 radical (unpaired) electrons. The highest BCUT2D eigenvalue weighted by molar-refractivity contribution is 5.68. The fourth-order valence-corrected chi connectivity index (χ4v) is 2.22. The maximum Gasteiger partial charge on any atom is 0.355 e. The minimum Gasteiger partial charge on any atom is -0.493 e. The molecule has 0 amide bonds. The molecule has 4 nitrogen and oxygen atoms in total. The van der Waals surface area contributed by atoms with Gasteiger partial charge in [-0.05, 0) is 18.6 Å². The first-order valence-electron chi connectivity index (χ1n) is 8.28. The molecule has 1 aromatic rings. The third kappa shape index (κ3) is 7.91. The number of carbonyl (C=O) groups excluding carboxylic acids is 1. The second kappa shape index (κ2) is 11.9. The highest BCUT2D eigenvalue weighted by Gasteiger charge is 2.08. The Bertz CT molecular complexity index is 417. The number of para-hydroxylation sites is 2. The average molecular weight is 308 g/mol. The highest BCUT2D eigenvalue weighted by atomic mass is 17.2. The number of unbranched alkanes of at least 4 members (excludes halogenated alkanes) is 7. The van der Waals surface area contributed by atoms with Crippen molar-refractivity contribution >= 4 is 5.97 Å². The summed E-state index contributed by atoms with van der Waals surface area (Å²) in [6.07, 6.45) is 9.98. The molecule has 1 aromatic carbocycles. The Morgan fingerprint density at radius 3 is 2.14 bits per heavy atom. The van der Waals surface area contributed by atoms with Gasteiger partial charge in [-0.2, -0.15) is 0 Å². The summed E-state index contributed by atoms with van der Waals surface area (Å²) in [6, 6.07) is 7.07. The smallest absolute Gasteiger partial charge is 0.355 e. The van der Waals surface area contributed by atoms with Gasteiger partial charge >= 0.3 is 5.97 Å². The molecule has 0 spiro atoms. The molecule has 0 unspecified atom stereocenters. The summed E-state index contributed by atoms with van der Waals surface area (Å²) >= 11 is 0. The molecule has 0 fully saturated rings. The molecule has 0 aromatic heterocycles. The second-order valence-corrected chi connectivity index (χ2v) is 5.41. The van der Waals surface area contributed by atoms with Crippen LogP contribution < -0.4 is 9.62 Å². The van der Waals surface area contributed by atoms with E-state index in [1.807, 2.05) is 6.07 Å². The van der Waals surface area contributed by atoms with Gasteiger partial charge in [0.05, 0.1) is 13.5 Å². The van der Waals surface area contributed by atoms with Crippen LogP contribution in [0.1, 0.15) is 64.7 Å². The van der Waals surface area contributed by atoms with Crippen LogP contribution in [-0.2, 0) is 9.68 Å². The van der Waals surface area contributed by atoms with E-state index < -0.39 is 0 Å². The molecule has 0 N–H and O–H groups in total. The summed E-state index contributed by atoms with van der Waals surface area (Å²) in [5.41, 5.74) is 0. The molecule has 0 aliphatic rings. The number of hydrogen-bond donors (Lipinski definition) is 0. The fraction of sp³-hybridized carbons (Fsp3) is 0.611. The summed E-state index contributed by atoms with van der Waals surface area (Å²) in [7, 11) is 1.55. The Morgan fingerprint density at radius 1 is 0.909 bits per heavy atom. The van der Waals surface area contributed by atoms with Crippen molar-refractivity contribution in [1.29, 1.82) is 0 Å². The van der Waals surface area contributed by atoms with E-state index in [1.165, 1.54) is 38.5 Å². The molecule has 0 saturated heterocycles. The van der Waals surface area contributed by atoms with Gasteiger partial charge in [0.15, 0.2) is 5.75 Å². The Kier molecular flexibility index (Phi) is 9.92. The van der Waals surface area contributed by atoms with E-state index in [2.05, 4.69) is 6.92 Å². The standard InChI is InChI=1S/C18H28O4/c1-3-4-5-6-7-8-9-10-15-18(19)22-21-17-14-12-11-13-16(17)20-2/h11-14H,3-10,15H2,1-2H3. The van der Waals surface area contributed by atoms with Crippen LogP contribution in [-0.4, -0.2) is 13.1 Å². The quantitative estimate of drug-likeness (QED) is 0.307. The summed E-state index contributed by atoms with van der Waals surface area (Å²) < 4.78 is 5.11. The second-order valence-electron chi connectivity index (χ2n) is 5.41. The van der Waals surface area contributed by atoms with Crippen molar-refractivity contribution in [2.24, 2.45) is 0 Å². The van der Waals surface area contributed by atoms with Gasteiger partial charge < -0.3 is 4.74 Å². The molecule has 1 rings (SSSR count). The van der Waals surface area contributed by atoms with Crippen LogP contribution in [0.4, 0.5) is 0 Å². The monoisotopic (exact) mass is 308 g/mol. The summed E-state index contributed by atoms with van der Waals surface area (Å²) in [5, 5.41) is 0. The van der Waals surface area contributed by atoms with Crippen molar-refractivity contribution in [3.8, 4) is 11.5 Å². The molecule has 22 heavy (non-hydrogen) atoms. The van der Waals surface area contributed by atoms with Crippen LogP contribution in [0.3, 0.4) is 0 Å². The first-order valence-corrected chi connectivity index (χ1v) is 8.28. The zero-order valence-electron chi connectivity index (χ0n) is 13.8. The SMILES string of the molecule is CCCCCCCCCCC(=O)OOc1ccccc1OC. The Labute approximate surface area is 133 Å². The molecular weight excluding hydrogens is 280 g/mol. The number of carbonyl (C=O) groups is 1. The minimum absolute atomic E-state index is 0.336. The van der Waals surface area contributed by atoms with Crippen LogP contribution in [0.15, 0.2) is 24.3 Å². The first-order chi connectivity index (χ1) is 10.8. The zero-order valence-corrected chi connectivity index (χ0v) is 13.8. The third-order valence-corrected chi connectivity index (χ3v) is 3.53. The maximum atomic E-state index is 11.6. The minimum atomic E-state index is -0.336. The van der Waals surface area contributed by atoms with Crippen molar-refractivity contribution in [3.05, 3.63) is 24.3 Å². The molecule has 0 atom stereocenters. The zero-order chi connectivity index (χ0) is 16.0. The van der Waals surface area contributed by atoms with E-state index in [0.717, 1.165) is 12.8 Å². The summed E-state index contributed by atoms with van der Waals surface area (Å²) in [6.45, 7) is 2.22. The molecule has 0 aliphatic heterocycles. The number of benzene rings is 1. The van der Waals surface area contributed by atoms with E-state index in [-0.39, 0.29) is 5.97 Å². The molecule has 0 heterocycles. The van der Waals surface area contributed by atoms with Crippen molar-refractivity contribution in [2.45, 2.75) is 64.7 Å². The highest BCUT2D eigenvalue weighted by Crippen LogP contribution is 2.26. The largest absolute Gasteiger partial charge is 0.493 e. The normalized spacial score (nSPS) is 10.3. The summed E-state index contributed by atoms with van der Waals surface area (Å²) in [4.78, 5) is 21.5. The van der Waals surface area contributed by atoms with Gasteiger partial charge in [0, 0.05) is 0 Å². The third-order valence-electron chi connectivity index (χ3n) is 3.53. The Balaban J connectivity index is 2.06. The van der Waals surface area contributed by atoms with Gasteiger partial charge in [0.25, 0.3) is 0 Å². The van der Waals surface area contributed by atoms with Crippen molar-refractivity contribution in [1.82, 2.24) is 0 Å². The van der Waals surface area contributed by atoms with Crippen LogP contribution in [0.25, 0.3) is 0 Å². The van der Waals surface area contributed by atoms with E-state index in [1.54, 1.807) is 25.3 Å². The number of hydrogen-bond acceptors (Lipinski definition) is 4. The maximum absolute atomic E-state index is 11.6. The van der Waals surface area contributed by atoms with Crippen molar-refractivity contribution in [3.63, 3.8) is 0 Å². The lowest BCUT2D eigenvalue weighted by molar-refractivity contribution is -0.214. The van der Waals surface area contributed by atoms with Crippen molar-refractivity contribution < 1.29 is 19.3 Å². The van der Waals surface area contributed by atoms with Crippen LogP contribution in [0, 0.1) is 0 Å². The van der Waals surface area contributed by atoms with Crippen LogP contribution in [0.2, 0.25) is 0 Å². The molecule has 4 heteroatoms. The lowest BCUT2D eigenvalue weighted by Crippen LogP contribution is -2.08.